The Balaban J connectivity index is 2.03. The molecule has 0 aliphatic carbocycles. The first kappa shape index (κ1) is 14.5. The molecule has 0 aliphatic rings. The fourth-order valence-corrected chi connectivity index (χ4v) is 2.65. The van der Waals surface area contributed by atoms with Gasteiger partial charge in [-0.2, -0.15) is 0 Å². The second kappa shape index (κ2) is 5.43. The van der Waals surface area contributed by atoms with E-state index in [0.717, 1.165) is 16.8 Å². The van der Waals surface area contributed by atoms with Crippen LogP contribution in [0.1, 0.15) is 19.4 Å². The number of nitrogens with zero attached hydrogens (tertiary/aromatic N) is 1. The Labute approximate surface area is 131 Å². The molecule has 3 aromatic rings. The first-order valence-corrected chi connectivity index (χ1v) is 7.45. The highest BCUT2D eigenvalue weighted by molar-refractivity contribution is 5.94. The SMILES string of the molecule is CNc1nccc2cc(-c3ccc(C(C)(C)N)cc3)ccc12. The maximum absolute atomic E-state index is 6.14. The minimum Gasteiger partial charge on any atom is -0.373 e. The summed E-state index contributed by atoms with van der Waals surface area (Å²) in [5, 5.41) is 5.44. The van der Waals surface area contributed by atoms with Gasteiger partial charge in [0.05, 0.1) is 0 Å². The lowest BCUT2D eigenvalue weighted by Crippen LogP contribution is -2.28. The van der Waals surface area contributed by atoms with E-state index in [1.807, 2.05) is 33.2 Å². The van der Waals surface area contributed by atoms with Crippen LogP contribution in [-0.4, -0.2) is 12.0 Å². The number of nitrogens with two attached hydrogens (primary N) is 1. The van der Waals surface area contributed by atoms with Crippen LogP contribution in [0.4, 0.5) is 5.82 Å². The fourth-order valence-electron chi connectivity index (χ4n) is 2.65. The Kier molecular flexibility index (Phi) is 3.59. The van der Waals surface area contributed by atoms with E-state index in [9.17, 15) is 0 Å². The number of fused-ring (bicyclic) bond motifs is 1. The summed E-state index contributed by atoms with van der Waals surface area (Å²) in [7, 11) is 1.89. The normalized spacial score (nSPS) is 11.6. The summed E-state index contributed by atoms with van der Waals surface area (Å²) in [6.07, 6.45) is 1.83. The molecule has 0 saturated carbocycles. The summed E-state index contributed by atoms with van der Waals surface area (Å²) in [6.45, 7) is 4.04. The first-order valence-electron chi connectivity index (χ1n) is 7.45. The third-order valence-corrected chi connectivity index (χ3v) is 3.96. The molecule has 2 aromatic carbocycles. The Hall–Kier alpha value is -2.39. The Bertz CT molecular complexity index is 799. The number of hydrogen-bond acceptors (Lipinski definition) is 3. The van der Waals surface area contributed by atoms with Gasteiger partial charge in [0.2, 0.25) is 0 Å². The molecule has 3 rings (SSSR count). The van der Waals surface area contributed by atoms with Crippen molar-refractivity contribution < 1.29 is 0 Å². The van der Waals surface area contributed by atoms with E-state index >= 15 is 0 Å². The smallest absolute Gasteiger partial charge is 0.133 e. The Morgan fingerprint density at radius 1 is 0.955 bits per heavy atom. The highest BCUT2D eigenvalue weighted by Crippen LogP contribution is 2.28. The maximum Gasteiger partial charge on any atom is 0.133 e. The standard InChI is InChI=1S/C19H21N3/c1-19(2,20)16-7-4-13(5-8-16)14-6-9-17-15(12-14)10-11-22-18(17)21-3/h4-12H,20H2,1-3H3,(H,21,22). The van der Waals surface area contributed by atoms with E-state index in [1.54, 1.807) is 0 Å². The first-order chi connectivity index (χ1) is 10.5. The van der Waals surface area contributed by atoms with Crippen LogP contribution in [0, 0.1) is 0 Å². The van der Waals surface area contributed by atoms with E-state index < -0.39 is 0 Å². The molecule has 0 fully saturated rings. The van der Waals surface area contributed by atoms with Gasteiger partial charge in [-0.3, -0.25) is 0 Å². The van der Waals surface area contributed by atoms with Crippen molar-refractivity contribution in [3.8, 4) is 11.1 Å². The molecule has 0 bridgehead atoms. The predicted octanol–water partition coefficient (Wildman–Crippen LogP) is 4.14. The molecule has 0 spiro atoms. The summed E-state index contributed by atoms with van der Waals surface area (Å²) in [4.78, 5) is 4.34. The van der Waals surface area contributed by atoms with Gasteiger partial charge in [-0.05, 0) is 48.1 Å². The zero-order valence-corrected chi connectivity index (χ0v) is 13.2. The number of benzene rings is 2. The average Bonchev–Trinajstić information content (AvgIpc) is 2.53. The summed E-state index contributed by atoms with van der Waals surface area (Å²) in [5.74, 6) is 0.907. The quantitative estimate of drug-likeness (QED) is 0.762. The molecule has 0 aliphatic heterocycles. The van der Waals surface area contributed by atoms with E-state index in [2.05, 4.69) is 52.8 Å². The highest BCUT2D eigenvalue weighted by Gasteiger charge is 2.13. The third kappa shape index (κ3) is 2.68. The summed E-state index contributed by atoms with van der Waals surface area (Å²) < 4.78 is 0. The zero-order valence-electron chi connectivity index (χ0n) is 13.2. The fraction of sp³-hybridized carbons (Fsp3) is 0.211. The van der Waals surface area contributed by atoms with Crippen molar-refractivity contribution in [3.05, 3.63) is 60.3 Å². The van der Waals surface area contributed by atoms with Gasteiger partial charge in [0.1, 0.15) is 5.82 Å². The van der Waals surface area contributed by atoms with Crippen LogP contribution >= 0.6 is 0 Å². The molecule has 1 aromatic heterocycles. The molecule has 3 heteroatoms. The zero-order chi connectivity index (χ0) is 15.7. The molecular formula is C19H21N3. The second-order valence-corrected chi connectivity index (χ2v) is 6.14. The van der Waals surface area contributed by atoms with Gasteiger partial charge in [0, 0.05) is 24.2 Å². The van der Waals surface area contributed by atoms with Gasteiger partial charge in [-0.25, -0.2) is 4.98 Å². The van der Waals surface area contributed by atoms with Crippen LogP contribution < -0.4 is 11.1 Å². The van der Waals surface area contributed by atoms with Crippen LogP contribution in [-0.2, 0) is 5.54 Å². The average molecular weight is 291 g/mol. The van der Waals surface area contributed by atoms with Gasteiger partial charge in [0.15, 0.2) is 0 Å². The number of pyridine rings is 1. The Morgan fingerprint density at radius 2 is 1.64 bits per heavy atom. The summed E-state index contributed by atoms with van der Waals surface area (Å²) >= 11 is 0. The molecule has 112 valence electrons. The Morgan fingerprint density at radius 3 is 2.27 bits per heavy atom. The second-order valence-electron chi connectivity index (χ2n) is 6.14. The van der Waals surface area contributed by atoms with Gasteiger partial charge in [-0.15, -0.1) is 0 Å². The lowest BCUT2D eigenvalue weighted by atomic mass is 9.93. The lowest BCUT2D eigenvalue weighted by molar-refractivity contribution is 0.554. The molecule has 0 amide bonds. The van der Waals surface area contributed by atoms with Crippen molar-refractivity contribution >= 4 is 16.6 Å². The van der Waals surface area contributed by atoms with E-state index in [-0.39, 0.29) is 5.54 Å². The minimum absolute atomic E-state index is 0.310. The van der Waals surface area contributed by atoms with Crippen molar-refractivity contribution in [2.24, 2.45) is 5.73 Å². The molecule has 0 unspecified atom stereocenters. The van der Waals surface area contributed by atoms with Crippen LogP contribution in [0.5, 0.6) is 0 Å². The molecule has 0 saturated heterocycles. The topological polar surface area (TPSA) is 50.9 Å². The van der Waals surface area contributed by atoms with Gasteiger partial charge in [-0.1, -0.05) is 36.4 Å². The largest absolute Gasteiger partial charge is 0.373 e. The van der Waals surface area contributed by atoms with E-state index in [4.69, 9.17) is 5.73 Å². The van der Waals surface area contributed by atoms with Gasteiger partial charge >= 0.3 is 0 Å². The highest BCUT2D eigenvalue weighted by atomic mass is 14.9. The van der Waals surface area contributed by atoms with Crippen molar-refractivity contribution in [2.75, 3.05) is 12.4 Å². The molecule has 0 radical (unpaired) electrons. The van der Waals surface area contributed by atoms with Crippen molar-refractivity contribution in [2.45, 2.75) is 19.4 Å². The lowest BCUT2D eigenvalue weighted by Gasteiger charge is -2.19. The minimum atomic E-state index is -0.310. The van der Waals surface area contributed by atoms with Gasteiger partial charge in [0.25, 0.3) is 0 Å². The van der Waals surface area contributed by atoms with Crippen LogP contribution in [0.25, 0.3) is 21.9 Å². The van der Waals surface area contributed by atoms with Crippen molar-refractivity contribution in [1.29, 1.82) is 0 Å². The van der Waals surface area contributed by atoms with Crippen molar-refractivity contribution in [1.82, 2.24) is 4.98 Å². The summed E-state index contributed by atoms with van der Waals surface area (Å²) in [5.41, 5.74) is 9.35. The van der Waals surface area contributed by atoms with E-state index in [0.29, 0.717) is 0 Å². The molecular weight excluding hydrogens is 270 g/mol. The third-order valence-electron chi connectivity index (χ3n) is 3.96. The molecule has 3 N–H and O–H groups in total. The van der Waals surface area contributed by atoms with Crippen LogP contribution in [0.3, 0.4) is 0 Å². The van der Waals surface area contributed by atoms with Gasteiger partial charge < -0.3 is 11.1 Å². The van der Waals surface area contributed by atoms with E-state index in [1.165, 1.54) is 16.5 Å². The predicted molar refractivity (Wildman–Crippen MR) is 93.9 cm³/mol. The maximum atomic E-state index is 6.14. The number of anilines is 1. The molecule has 22 heavy (non-hydrogen) atoms. The number of hydrogen-bond donors (Lipinski definition) is 2. The van der Waals surface area contributed by atoms with Crippen LogP contribution in [0.15, 0.2) is 54.7 Å². The van der Waals surface area contributed by atoms with Crippen molar-refractivity contribution in [3.63, 3.8) is 0 Å². The number of aromatic nitrogens is 1. The number of nitrogens with one attached hydrogen (secondary N) is 1. The summed E-state index contributed by atoms with van der Waals surface area (Å²) in [6, 6.07) is 16.9. The molecule has 1 heterocycles. The monoisotopic (exact) mass is 291 g/mol. The molecule has 0 atom stereocenters. The number of rotatable bonds is 3. The molecule has 3 nitrogen and oxygen atoms in total. The van der Waals surface area contributed by atoms with Crippen LogP contribution in [0.2, 0.25) is 0 Å².